The minimum Gasteiger partial charge on any atom is -0.481 e. The minimum absolute atomic E-state index is 0.0230. The second-order valence-electron chi connectivity index (χ2n) is 6.73. The number of hydrogen-bond donors (Lipinski definition) is 0. The lowest BCUT2D eigenvalue weighted by molar-refractivity contribution is 0.0780. The predicted octanol–water partition coefficient (Wildman–Crippen LogP) is 1.30. The maximum Gasteiger partial charge on any atom is 0.259 e. The van der Waals surface area contributed by atoms with Crippen molar-refractivity contribution in [1.29, 1.82) is 0 Å². The summed E-state index contributed by atoms with van der Waals surface area (Å²) in [6.07, 6.45) is 1.71. The van der Waals surface area contributed by atoms with Crippen molar-refractivity contribution in [3.8, 4) is 5.88 Å². The summed E-state index contributed by atoms with van der Waals surface area (Å²) >= 11 is 0. The average Bonchev–Trinajstić information content (AvgIpc) is 3.27. The molecule has 1 amide bonds. The van der Waals surface area contributed by atoms with Gasteiger partial charge in [-0.2, -0.15) is 4.98 Å². The Bertz CT molecular complexity index is 772. The Labute approximate surface area is 145 Å². The van der Waals surface area contributed by atoms with Crippen LogP contribution in [-0.4, -0.2) is 59.2 Å². The highest BCUT2D eigenvalue weighted by molar-refractivity contribution is 5.96. The van der Waals surface area contributed by atoms with Crippen LogP contribution in [0.2, 0.25) is 0 Å². The van der Waals surface area contributed by atoms with E-state index in [1.165, 1.54) is 0 Å². The molecule has 2 aromatic rings. The maximum atomic E-state index is 12.8. The van der Waals surface area contributed by atoms with Gasteiger partial charge in [-0.3, -0.25) is 4.79 Å². The molecule has 2 aromatic heterocycles. The van der Waals surface area contributed by atoms with Crippen LogP contribution in [0, 0.1) is 25.7 Å². The first kappa shape index (κ1) is 15.9. The topological polar surface area (TPSA) is 84.6 Å². The summed E-state index contributed by atoms with van der Waals surface area (Å²) in [5, 5.41) is 3.89. The summed E-state index contributed by atoms with van der Waals surface area (Å²) in [7, 11) is 1.60. The fourth-order valence-electron chi connectivity index (χ4n) is 3.87. The van der Waals surface area contributed by atoms with Crippen LogP contribution in [0.4, 0.5) is 5.95 Å². The Balaban J connectivity index is 1.45. The summed E-state index contributed by atoms with van der Waals surface area (Å²) in [6, 6.07) is 1.74. The highest BCUT2D eigenvalue weighted by Crippen LogP contribution is 2.34. The second-order valence-corrected chi connectivity index (χ2v) is 6.73. The van der Waals surface area contributed by atoms with Crippen LogP contribution in [0.1, 0.15) is 21.8 Å². The van der Waals surface area contributed by atoms with Gasteiger partial charge in [0.1, 0.15) is 11.3 Å². The molecule has 0 spiro atoms. The molecule has 0 radical (unpaired) electrons. The molecule has 4 rings (SSSR count). The van der Waals surface area contributed by atoms with E-state index in [4.69, 9.17) is 9.26 Å². The van der Waals surface area contributed by atoms with E-state index in [0.29, 0.717) is 40.7 Å². The number of nitrogens with zero attached hydrogens (tertiary/aromatic N) is 5. The van der Waals surface area contributed by atoms with E-state index in [9.17, 15) is 4.79 Å². The van der Waals surface area contributed by atoms with Crippen molar-refractivity contribution < 1.29 is 14.1 Å². The molecule has 25 heavy (non-hydrogen) atoms. The lowest BCUT2D eigenvalue weighted by Gasteiger charge is -2.21. The molecule has 2 aliphatic heterocycles. The molecule has 2 fully saturated rings. The van der Waals surface area contributed by atoms with Crippen LogP contribution < -0.4 is 9.64 Å². The number of amides is 1. The van der Waals surface area contributed by atoms with Gasteiger partial charge in [-0.15, -0.1) is 0 Å². The zero-order valence-electron chi connectivity index (χ0n) is 14.6. The van der Waals surface area contributed by atoms with Gasteiger partial charge in [0.2, 0.25) is 11.8 Å². The Morgan fingerprint density at radius 1 is 1.24 bits per heavy atom. The average molecular weight is 343 g/mol. The number of aromatic nitrogens is 3. The van der Waals surface area contributed by atoms with Gasteiger partial charge in [0.05, 0.1) is 12.8 Å². The van der Waals surface area contributed by atoms with E-state index in [1.807, 2.05) is 11.8 Å². The smallest absolute Gasteiger partial charge is 0.259 e. The first-order valence-corrected chi connectivity index (χ1v) is 8.41. The largest absolute Gasteiger partial charge is 0.481 e. The highest BCUT2D eigenvalue weighted by Gasteiger charge is 2.43. The van der Waals surface area contributed by atoms with Crippen molar-refractivity contribution >= 4 is 11.9 Å². The number of anilines is 1. The molecule has 4 heterocycles. The van der Waals surface area contributed by atoms with Crippen molar-refractivity contribution in [3.05, 3.63) is 29.3 Å². The fourth-order valence-corrected chi connectivity index (χ4v) is 3.87. The molecule has 2 aliphatic rings. The van der Waals surface area contributed by atoms with Gasteiger partial charge in [0.25, 0.3) is 5.91 Å². The monoisotopic (exact) mass is 343 g/mol. The third-order valence-corrected chi connectivity index (χ3v) is 5.13. The van der Waals surface area contributed by atoms with Crippen molar-refractivity contribution in [3.63, 3.8) is 0 Å². The number of aryl methyl sites for hydroxylation is 2. The van der Waals surface area contributed by atoms with Gasteiger partial charge in [-0.1, -0.05) is 5.16 Å². The van der Waals surface area contributed by atoms with Crippen LogP contribution in [-0.2, 0) is 0 Å². The molecular weight excluding hydrogens is 322 g/mol. The molecule has 8 heteroatoms. The van der Waals surface area contributed by atoms with Crippen LogP contribution in [0.5, 0.6) is 5.88 Å². The lowest BCUT2D eigenvalue weighted by atomic mass is 10.0. The lowest BCUT2D eigenvalue weighted by Crippen LogP contribution is -2.34. The van der Waals surface area contributed by atoms with Crippen LogP contribution >= 0.6 is 0 Å². The van der Waals surface area contributed by atoms with E-state index in [-0.39, 0.29) is 5.91 Å². The summed E-state index contributed by atoms with van der Waals surface area (Å²) in [5.41, 5.74) is 1.26. The number of carbonyl (C=O) groups is 1. The van der Waals surface area contributed by atoms with Gasteiger partial charge in [-0.05, 0) is 13.8 Å². The minimum atomic E-state index is 0.0230. The van der Waals surface area contributed by atoms with E-state index in [2.05, 4.69) is 20.0 Å². The molecule has 0 bridgehead atoms. The van der Waals surface area contributed by atoms with Crippen LogP contribution in [0.15, 0.2) is 16.8 Å². The normalized spacial score (nSPS) is 22.4. The number of hydrogen-bond acceptors (Lipinski definition) is 7. The van der Waals surface area contributed by atoms with Crippen LogP contribution in [0.3, 0.4) is 0 Å². The first-order chi connectivity index (χ1) is 12.1. The zero-order chi connectivity index (χ0) is 17.6. The van der Waals surface area contributed by atoms with Crippen molar-refractivity contribution in [1.82, 2.24) is 20.0 Å². The Hall–Kier alpha value is -2.64. The SMILES string of the molecule is COc1ccnc(N2CC3CN(C(=O)c4c(C)noc4C)CC3C2)n1. The number of fused-ring (bicyclic) bond motifs is 1. The first-order valence-electron chi connectivity index (χ1n) is 8.41. The Morgan fingerprint density at radius 3 is 2.56 bits per heavy atom. The van der Waals surface area contributed by atoms with Crippen molar-refractivity contribution in [2.45, 2.75) is 13.8 Å². The highest BCUT2D eigenvalue weighted by atomic mass is 16.5. The Morgan fingerprint density at radius 2 is 1.96 bits per heavy atom. The molecule has 0 aromatic carbocycles. The third-order valence-electron chi connectivity index (χ3n) is 5.13. The van der Waals surface area contributed by atoms with Gasteiger partial charge in [0, 0.05) is 50.3 Å². The Kier molecular flexibility index (Phi) is 3.82. The van der Waals surface area contributed by atoms with Crippen molar-refractivity contribution in [2.24, 2.45) is 11.8 Å². The summed E-state index contributed by atoms with van der Waals surface area (Å²) in [4.78, 5) is 25.6. The van der Waals surface area contributed by atoms with Crippen molar-refractivity contribution in [2.75, 3.05) is 38.2 Å². The molecule has 2 saturated heterocycles. The molecule has 0 N–H and O–H groups in total. The molecule has 2 unspecified atom stereocenters. The second kappa shape index (κ2) is 6.02. The van der Waals surface area contributed by atoms with E-state index >= 15 is 0 Å². The van der Waals surface area contributed by atoms with Gasteiger partial charge in [-0.25, -0.2) is 4.98 Å². The zero-order valence-corrected chi connectivity index (χ0v) is 14.6. The number of ether oxygens (including phenoxy) is 1. The van der Waals surface area contributed by atoms with Gasteiger partial charge >= 0.3 is 0 Å². The van der Waals surface area contributed by atoms with E-state index in [0.717, 1.165) is 26.2 Å². The third kappa shape index (κ3) is 2.71. The van der Waals surface area contributed by atoms with E-state index < -0.39 is 0 Å². The van der Waals surface area contributed by atoms with Gasteiger partial charge < -0.3 is 19.1 Å². The molecule has 132 valence electrons. The maximum absolute atomic E-state index is 12.8. The van der Waals surface area contributed by atoms with E-state index in [1.54, 1.807) is 26.3 Å². The predicted molar refractivity (Wildman–Crippen MR) is 89.7 cm³/mol. The summed E-state index contributed by atoms with van der Waals surface area (Å²) in [6.45, 7) is 6.78. The molecule has 0 saturated carbocycles. The number of carbonyl (C=O) groups excluding carboxylic acids is 1. The standard InChI is InChI=1S/C17H21N5O3/c1-10-15(11(2)25-20-10)16(23)21-6-12-8-22(9-13(12)7-21)17-18-5-4-14(19-17)24-3/h4-5,12-13H,6-9H2,1-3H3. The molecule has 2 atom stereocenters. The fraction of sp³-hybridized carbons (Fsp3) is 0.529. The number of rotatable bonds is 3. The molecule has 8 nitrogen and oxygen atoms in total. The molecule has 0 aliphatic carbocycles. The van der Waals surface area contributed by atoms with Crippen LogP contribution in [0.25, 0.3) is 0 Å². The quantitative estimate of drug-likeness (QED) is 0.830. The van der Waals surface area contributed by atoms with Gasteiger partial charge in [0.15, 0.2) is 0 Å². The number of likely N-dealkylation sites (tertiary alicyclic amines) is 1. The molecular formula is C17H21N5O3. The number of methoxy groups -OCH3 is 1. The summed E-state index contributed by atoms with van der Waals surface area (Å²) in [5.74, 6) is 2.73. The summed E-state index contributed by atoms with van der Waals surface area (Å²) < 4.78 is 10.3.